The Morgan fingerprint density at radius 1 is 1.59 bits per heavy atom. The Morgan fingerprint density at radius 2 is 2.35 bits per heavy atom. The zero-order chi connectivity index (χ0) is 12.7. The predicted molar refractivity (Wildman–Crippen MR) is 63.9 cm³/mol. The number of thioether (sulfide) groups is 1. The van der Waals surface area contributed by atoms with E-state index in [4.69, 9.17) is 10.00 Å². The van der Waals surface area contributed by atoms with Crippen LogP contribution in [0.3, 0.4) is 0 Å². The summed E-state index contributed by atoms with van der Waals surface area (Å²) in [6, 6.07) is 6.77. The maximum absolute atomic E-state index is 11.2. The van der Waals surface area contributed by atoms with Crippen LogP contribution in [0.15, 0.2) is 23.1 Å². The summed E-state index contributed by atoms with van der Waals surface area (Å²) in [5, 5.41) is 8.91. The van der Waals surface area contributed by atoms with E-state index in [9.17, 15) is 9.59 Å². The van der Waals surface area contributed by atoms with Crippen LogP contribution < -0.4 is 0 Å². The number of rotatable bonds is 5. The number of hydrogen-bond acceptors (Lipinski definition) is 5. The largest absolute Gasteiger partial charge is 0.465 e. The Morgan fingerprint density at radius 3 is 2.94 bits per heavy atom. The first-order valence-corrected chi connectivity index (χ1v) is 5.97. The lowest BCUT2D eigenvalue weighted by molar-refractivity contribution is -0.139. The molecule has 0 N–H and O–H groups in total. The number of nitriles is 1. The molecule has 0 fully saturated rings. The number of carbonyl (C=O) groups is 2. The van der Waals surface area contributed by atoms with Gasteiger partial charge in [0.05, 0.1) is 17.9 Å². The molecule has 1 rings (SSSR count). The fourth-order valence-electron chi connectivity index (χ4n) is 1.17. The molecule has 1 aromatic rings. The number of benzene rings is 1. The summed E-state index contributed by atoms with van der Waals surface area (Å²) in [7, 11) is 0. The van der Waals surface area contributed by atoms with Crippen LogP contribution in [0.25, 0.3) is 0 Å². The van der Waals surface area contributed by atoms with E-state index in [2.05, 4.69) is 0 Å². The minimum absolute atomic E-state index is 0.156. The Bertz CT molecular complexity index is 465. The van der Waals surface area contributed by atoms with Gasteiger partial charge in [0.25, 0.3) is 0 Å². The van der Waals surface area contributed by atoms with Gasteiger partial charge in [-0.15, -0.1) is 11.8 Å². The van der Waals surface area contributed by atoms with Gasteiger partial charge in [-0.25, -0.2) is 0 Å². The van der Waals surface area contributed by atoms with E-state index in [-0.39, 0.29) is 11.7 Å². The molecule has 0 saturated heterocycles. The number of nitrogens with zero attached hydrogens (tertiary/aromatic N) is 1. The molecule has 0 saturated carbocycles. The van der Waals surface area contributed by atoms with Crippen LogP contribution in [0.2, 0.25) is 0 Å². The lowest BCUT2D eigenvalue weighted by Gasteiger charge is -2.04. The third-order valence-electron chi connectivity index (χ3n) is 1.91. The molecule has 0 atom stereocenters. The lowest BCUT2D eigenvalue weighted by atomic mass is 10.1. The summed E-state index contributed by atoms with van der Waals surface area (Å²) >= 11 is 1.23. The van der Waals surface area contributed by atoms with Gasteiger partial charge in [0, 0.05) is 10.5 Å². The number of hydrogen-bond donors (Lipinski definition) is 0. The summed E-state index contributed by atoms with van der Waals surface area (Å²) in [5.41, 5.74) is 0.839. The first-order chi connectivity index (χ1) is 8.21. The molecule has 0 aromatic heterocycles. The first kappa shape index (κ1) is 13.3. The summed E-state index contributed by atoms with van der Waals surface area (Å²) in [6.45, 7) is 2.08. The van der Waals surface area contributed by atoms with Crippen molar-refractivity contribution in [3.8, 4) is 6.07 Å². The van der Waals surface area contributed by atoms with Crippen molar-refractivity contribution in [3.05, 3.63) is 29.3 Å². The van der Waals surface area contributed by atoms with E-state index < -0.39 is 0 Å². The van der Waals surface area contributed by atoms with Crippen LogP contribution in [0.1, 0.15) is 22.8 Å². The number of carbonyl (C=O) groups excluding carboxylic acids is 2. The molecule has 0 radical (unpaired) electrons. The van der Waals surface area contributed by atoms with Crippen molar-refractivity contribution in [2.24, 2.45) is 0 Å². The van der Waals surface area contributed by atoms with Crippen LogP contribution >= 0.6 is 11.8 Å². The molecular weight excluding hydrogens is 238 g/mol. The van der Waals surface area contributed by atoms with Crippen LogP contribution in [-0.4, -0.2) is 24.6 Å². The van der Waals surface area contributed by atoms with Crippen molar-refractivity contribution in [2.75, 3.05) is 12.4 Å². The molecule has 5 heteroatoms. The molecule has 0 amide bonds. The second-order valence-electron chi connectivity index (χ2n) is 3.08. The van der Waals surface area contributed by atoms with E-state index in [1.54, 1.807) is 19.1 Å². The summed E-state index contributed by atoms with van der Waals surface area (Å²) in [4.78, 5) is 22.4. The van der Waals surface area contributed by atoms with Gasteiger partial charge in [-0.1, -0.05) is 6.07 Å². The third kappa shape index (κ3) is 3.93. The molecule has 0 unspecified atom stereocenters. The van der Waals surface area contributed by atoms with Crippen molar-refractivity contribution in [2.45, 2.75) is 11.8 Å². The smallest absolute Gasteiger partial charge is 0.316 e. The Balaban J connectivity index is 2.75. The van der Waals surface area contributed by atoms with Crippen molar-refractivity contribution >= 4 is 24.0 Å². The highest BCUT2D eigenvalue weighted by atomic mass is 32.2. The SMILES string of the molecule is CCOC(=O)CSc1ccc(C=O)cc1C#N. The van der Waals surface area contributed by atoms with Crippen LogP contribution in [0.4, 0.5) is 0 Å². The topological polar surface area (TPSA) is 67.2 Å². The fourth-order valence-corrected chi connectivity index (χ4v) is 1.95. The summed E-state index contributed by atoms with van der Waals surface area (Å²) in [6.07, 6.45) is 0.681. The average Bonchev–Trinajstić information content (AvgIpc) is 2.36. The van der Waals surface area contributed by atoms with Crippen LogP contribution in [0, 0.1) is 11.3 Å². The van der Waals surface area contributed by atoms with Gasteiger partial charge >= 0.3 is 5.97 Å². The van der Waals surface area contributed by atoms with E-state index in [1.807, 2.05) is 6.07 Å². The van der Waals surface area contributed by atoms with Crippen molar-refractivity contribution in [1.29, 1.82) is 5.26 Å². The van der Waals surface area contributed by atoms with Crippen molar-refractivity contribution in [3.63, 3.8) is 0 Å². The molecular formula is C12H11NO3S. The van der Waals surface area contributed by atoms with E-state index in [1.165, 1.54) is 17.8 Å². The molecule has 1 aromatic carbocycles. The van der Waals surface area contributed by atoms with E-state index >= 15 is 0 Å². The fraction of sp³-hybridized carbons (Fsp3) is 0.250. The Kier molecular flexibility index (Phi) is 5.24. The predicted octanol–water partition coefficient (Wildman–Crippen LogP) is 2.03. The molecule has 17 heavy (non-hydrogen) atoms. The summed E-state index contributed by atoms with van der Waals surface area (Å²) < 4.78 is 4.78. The highest BCUT2D eigenvalue weighted by molar-refractivity contribution is 8.00. The van der Waals surface area contributed by atoms with Gasteiger partial charge in [0.1, 0.15) is 12.4 Å². The molecule has 0 aliphatic carbocycles. The molecule has 0 aliphatic heterocycles. The zero-order valence-corrected chi connectivity index (χ0v) is 10.1. The molecule has 0 spiro atoms. The third-order valence-corrected chi connectivity index (χ3v) is 2.96. The second-order valence-corrected chi connectivity index (χ2v) is 4.10. The molecule has 88 valence electrons. The van der Waals surface area contributed by atoms with Gasteiger partial charge in [-0.05, 0) is 19.1 Å². The van der Waals surface area contributed by atoms with Gasteiger partial charge in [-0.3, -0.25) is 9.59 Å². The van der Waals surface area contributed by atoms with Crippen LogP contribution in [-0.2, 0) is 9.53 Å². The molecule has 4 nitrogen and oxygen atoms in total. The number of aldehydes is 1. The first-order valence-electron chi connectivity index (χ1n) is 4.99. The van der Waals surface area contributed by atoms with Gasteiger partial charge < -0.3 is 4.74 Å². The number of esters is 1. The average molecular weight is 249 g/mol. The van der Waals surface area contributed by atoms with Crippen LogP contribution in [0.5, 0.6) is 0 Å². The van der Waals surface area contributed by atoms with Gasteiger partial charge in [0.15, 0.2) is 0 Å². The van der Waals surface area contributed by atoms with Gasteiger partial charge in [0.2, 0.25) is 0 Å². The Labute approximate surface area is 104 Å². The maximum atomic E-state index is 11.2. The maximum Gasteiger partial charge on any atom is 0.316 e. The summed E-state index contributed by atoms with van der Waals surface area (Å²) in [5.74, 6) is -0.163. The minimum atomic E-state index is -0.319. The highest BCUT2D eigenvalue weighted by Crippen LogP contribution is 2.23. The minimum Gasteiger partial charge on any atom is -0.465 e. The molecule has 0 aliphatic rings. The second kappa shape index (κ2) is 6.71. The monoisotopic (exact) mass is 249 g/mol. The molecule has 0 heterocycles. The van der Waals surface area contributed by atoms with Gasteiger partial charge in [-0.2, -0.15) is 5.26 Å². The quantitative estimate of drug-likeness (QED) is 0.453. The van der Waals surface area contributed by atoms with E-state index in [0.29, 0.717) is 28.9 Å². The van der Waals surface area contributed by atoms with Crippen molar-refractivity contribution < 1.29 is 14.3 Å². The lowest BCUT2D eigenvalue weighted by Crippen LogP contribution is -2.06. The highest BCUT2D eigenvalue weighted by Gasteiger charge is 2.07. The van der Waals surface area contributed by atoms with E-state index in [0.717, 1.165) is 0 Å². The van der Waals surface area contributed by atoms with Crippen molar-refractivity contribution in [1.82, 2.24) is 0 Å². The zero-order valence-electron chi connectivity index (χ0n) is 9.30. The standard InChI is InChI=1S/C12H11NO3S/c1-2-16-12(15)8-17-11-4-3-9(7-14)5-10(11)6-13/h3-5,7H,2,8H2,1H3. The normalized spacial score (nSPS) is 9.41. The molecule has 0 bridgehead atoms. The Hall–Kier alpha value is -1.80. The number of ether oxygens (including phenoxy) is 1.